The van der Waals surface area contributed by atoms with Gasteiger partial charge in [0.05, 0.1) is 6.61 Å². The predicted octanol–water partition coefficient (Wildman–Crippen LogP) is 5.24. The van der Waals surface area contributed by atoms with Crippen LogP contribution in [0.1, 0.15) is 19.4 Å². The topological polar surface area (TPSA) is 35.5 Å². The molecule has 0 saturated carbocycles. The summed E-state index contributed by atoms with van der Waals surface area (Å²) in [5.74, 6) is -0.326. The molecule has 0 radical (unpaired) electrons. The Balaban J connectivity index is 2.11. The average Bonchev–Trinajstić information content (AvgIpc) is 2.51. The maximum atomic E-state index is 13.7. The maximum Gasteiger partial charge on any atom is 0.331 e. The number of esters is 1. The molecule has 0 bridgehead atoms. The highest BCUT2D eigenvalue weighted by molar-refractivity contribution is 6.30. The van der Waals surface area contributed by atoms with Crippen LogP contribution >= 0.6 is 11.6 Å². The van der Waals surface area contributed by atoms with Gasteiger partial charge in [-0.3, -0.25) is 0 Å². The summed E-state index contributed by atoms with van der Waals surface area (Å²) in [6.45, 7) is 3.90. The van der Waals surface area contributed by atoms with Gasteiger partial charge in [-0.25, -0.2) is 9.18 Å². The maximum absolute atomic E-state index is 13.7. The number of ether oxygens (including phenoxy) is 2. The zero-order valence-corrected chi connectivity index (χ0v) is 13.6. The van der Waals surface area contributed by atoms with Crippen LogP contribution in [-0.2, 0) is 9.53 Å². The van der Waals surface area contributed by atoms with Crippen molar-refractivity contribution in [3.05, 3.63) is 64.9 Å². The molecule has 0 amide bonds. The normalized spacial score (nSPS) is 11.2. The van der Waals surface area contributed by atoms with Crippen LogP contribution in [0.5, 0.6) is 11.5 Å². The van der Waals surface area contributed by atoms with Crippen molar-refractivity contribution in [2.45, 2.75) is 13.8 Å². The lowest BCUT2D eigenvalue weighted by atomic mass is 10.1. The molecule has 2 rings (SSSR count). The molecule has 0 aliphatic heterocycles. The molecule has 0 aromatic heterocycles. The molecule has 0 saturated heterocycles. The van der Waals surface area contributed by atoms with Gasteiger partial charge < -0.3 is 9.47 Å². The molecule has 0 aliphatic rings. The molecular weight excluding hydrogens is 319 g/mol. The van der Waals surface area contributed by atoms with Gasteiger partial charge in [0.1, 0.15) is 5.75 Å². The SMILES string of the molecule is CCOC(=O)C=C(C)c1ccc(Oc2ccc(Cl)cc2F)cc1. The van der Waals surface area contributed by atoms with Gasteiger partial charge in [0.2, 0.25) is 0 Å². The second-order valence-corrected chi connectivity index (χ2v) is 5.22. The van der Waals surface area contributed by atoms with Crippen LogP contribution in [0.15, 0.2) is 48.5 Å². The molecule has 120 valence electrons. The molecule has 0 unspecified atom stereocenters. The Morgan fingerprint density at radius 2 is 1.91 bits per heavy atom. The largest absolute Gasteiger partial charge is 0.463 e. The van der Waals surface area contributed by atoms with Crippen LogP contribution < -0.4 is 4.74 Å². The van der Waals surface area contributed by atoms with Crippen molar-refractivity contribution >= 4 is 23.1 Å². The molecule has 5 heteroatoms. The first-order valence-corrected chi connectivity index (χ1v) is 7.45. The molecule has 0 N–H and O–H groups in total. The van der Waals surface area contributed by atoms with E-state index in [9.17, 15) is 9.18 Å². The molecule has 2 aromatic carbocycles. The summed E-state index contributed by atoms with van der Waals surface area (Å²) in [5.41, 5.74) is 1.62. The quantitative estimate of drug-likeness (QED) is 0.554. The Kier molecular flexibility index (Phi) is 5.77. The molecule has 0 fully saturated rings. The number of rotatable bonds is 5. The van der Waals surface area contributed by atoms with Crippen LogP contribution in [-0.4, -0.2) is 12.6 Å². The minimum Gasteiger partial charge on any atom is -0.463 e. The Bertz CT molecular complexity index is 724. The number of carbonyl (C=O) groups is 1. The third-order valence-corrected chi connectivity index (χ3v) is 3.29. The first-order chi connectivity index (χ1) is 11.0. The number of carbonyl (C=O) groups excluding carboxylic acids is 1. The molecule has 2 aromatic rings. The highest BCUT2D eigenvalue weighted by atomic mass is 35.5. The molecule has 0 heterocycles. The number of hydrogen-bond acceptors (Lipinski definition) is 3. The summed E-state index contributed by atoms with van der Waals surface area (Å²) in [6.07, 6.45) is 1.43. The number of benzene rings is 2. The van der Waals surface area contributed by atoms with Crippen LogP contribution in [0.3, 0.4) is 0 Å². The smallest absolute Gasteiger partial charge is 0.331 e. The number of allylic oxidation sites excluding steroid dienone is 1. The Hall–Kier alpha value is -2.33. The third-order valence-electron chi connectivity index (χ3n) is 3.05. The monoisotopic (exact) mass is 334 g/mol. The summed E-state index contributed by atoms with van der Waals surface area (Å²) in [6, 6.07) is 11.2. The van der Waals surface area contributed by atoms with E-state index in [0.29, 0.717) is 17.4 Å². The fourth-order valence-corrected chi connectivity index (χ4v) is 2.07. The molecule has 0 atom stereocenters. The summed E-state index contributed by atoms with van der Waals surface area (Å²) >= 11 is 5.70. The van der Waals surface area contributed by atoms with Gasteiger partial charge in [0.25, 0.3) is 0 Å². The second-order valence-electron chi connectivity index (χ2n) is 4.78. The lowest BCUT2D eigenvalue weighted by Gasteiger charge is -2.08. The lowest BCUT2D eigenvalue weighted by Crippen LogP contribution is -2.00. The van der Waals surface area contributed by atoms with E-state index in [0.717, 1.165) is 11.1 Å². The minimum atomic E-state index is -0.528. The first kappa shape index (κ1) is 17.0. The Morgan fingerprint density at radius 1 is 1.22 bits per heavy atom. The standard InChI is InChI=1S/C18H16ClFO3/c1-3-22-18(21)10-12(2)13-4-7-15(8-5-13)23-17-9-6-14(19)11-16(17)20/h4-11H,3H2,1-2H3. The van der Waals surface area contributed by atoms with Crippen LogP contribution in [0.25, 0.3) is 5.57 Å². The van der Waals surface area contributed by atoms with Crippen molar-refractivity contribution in [1.29, 1.82) is 0 Å². The van der Waals surface area contributed by atoms with Gasteiger partial charge in [0, 0.05) is 11.1 Å². The Morgan fingerprint density at radius 3 is 2.52 bits per heavy atom. The highest BCUT2D eigenvalue weighted by Gasteiger charge is 2.06. The highest BCUT2D eigenvalue weighted by Crippen LogP contribution is 2.27. The van der Waals surface area contributed by atoms with E-state index in [4.69, 9.17) is 21.1 Å². The zero-order chi connectivity index (χ0) is 16.8. The summed E-state index contributed by atoms with van der Waals surface area (Å²) in [7, 11) is 0. The van der Waals surface area contributed by atoms with E-state index in [1.54, 1.807) is 37.3 Å². The zero-order valence-electron chi connectivity index (χ0n) is 12.8. The molecular formula is C18H16ClFO3. The van der Waals surface area contributed by atoms with E-state index in [2.05, 4.69) is 0 Å². The van der Waals surface area contributed by atoms with Gasteiger partial charge in [-0.05, 0) is 55.3 Å². The van der Waals surface area contributed by atoms with E-state index in [1.807, 2.05) is 6.92 Å². The fraction of sp³-hybridized carbons (Fsp3) is 0.167. The van der Waals surface area contributed by atoms with Crippen LogP contribution in [0, 0.1) is 5.82 Å². The summed E-state index contributed by atoms with van der Waals surface area (Å²) in [4.78, 5) is 11.4. The third kappa shape index (κ3) is 4.83. The molecule has 3 nitrogen and oxygen atoms in total. The van der Waals surface area contributed by atoms with Crippen LogP contribution in [0.2, 0.25) is 5.02 Å². The predicted molar refractivity (Wildman–Crippen MR) is 88.2 cm³/mol. The summed E-state index contributed by atoms with van der Waals surface area (Å²) in [5, 5.41) is 0.310. The van der Waals surface area contributed by atoms with E-state index < -0.39 is 5.82 Å². The summed E-state index contributed by atoms with van der Waals surface area (Å²) < 4.78 is 24.0. The van der Waals surface area contributed by atoms with Gasteiger partial charge in [-0.15, -0.1) is 0 Å². The Labute approximate surface area is 139 Å². The van der Waals surface area contributed by atoms with E-state index in [-0.39, 0.29) is 11.7 Å². The molecule has 0 aliphatic carbocycles. The molecule has 23 heavy (non-hydrogen) atoms. The fourth-order valence-electron chi connectivity index (χ4n) is 1.91. The van der Waals surface area contributed by atoms with Crippen molar-refractivity contribution in [3.8, 4) is 11.5 Å². The van der Waals surface area contributed by atoms with Gasteiger partial charge in [-0.2, -0.15) is 0 Å². The van der Waals surface area contributed by atoms with E-state index >= 15 is 0 Å². The lowest BCUT2D eigenvalue weighted by molar-refractivity contribution is -0.137. The minimum absolute atomic E-state index is 0.0981. The van der Waals surface area contributed by atoms with Gasteiger partial charge in [-0.1, -0.05) is 23.7 Å². The molecule has 0 spiro atoms. The van der Waals surface area contributed by atoms with Crippen molar-refractivity contribution < 1.29 is 18.7 Å². The van der Waals surface area contributed by atoms with Crippen molar-refractivity contribution in [2.75, 3.05) is 6.61 Å². The van der Waals surface area contributed by atoms with Crippen LogP contribution in [0.4, 0.5) is 4.39 Å². The van der Waals surface area contributed by atoms with Crippen molar-refractivity contribution in [1.82, 2.24) is 0 Å². The average molecular weight is 335 g/mol. The first-order valence-electron chi connectivity index (χ1n) is 7.08. The van der Waals surface area contributed by atoms with Crippen molar-refractivity contribution in [3.63, 3.8) is 0 Å². The van der Waals surface area contributed by atoms with Gasteiger partial charge >= 0.3 is 5.97 Å². The number of hydrogen-bond donors (Lipinski definition) is 0. The van der Waals surface area contributed by atoms with Gasteiger partial charge in [0.15, 0.2) is 11.6 Å². The second kappa shape index (κ2) is 7.79. The number of halogens is 2. The van der Waals surface area contributed by atoms with E-state index in [1.165, 1.54) is 18.2 Å². The van der Waals surface area contributed by atoms with Crippen molar-refractivity contribution in [2.24, 2.45) is 0 Å².